The molecule has 0 bridgehead atoms. The predicted molar refractivity (Wildman–Crippen MR) is 131 cm³/mol. The van der Waals surface area contributed by atoms with E-state index in [1.54, 1.807) is 35.7 Å². The van der Waals surface area contributed by atoms with E-state index in [1.807, 2.05) is 30.3 Å². The number of aromatic hydroxyl groups is 1. The molecule has 0 spiro atoms. The molecule has 1 saturated heterocycles. The number of rotatable bonds is 7. The first-order chi connectivity index (χ1) is 16.3. The van der Waals surface area contributed by atoms with Crippen molar-refractivity contribution in [1.82, 2.24) is 14.3 Å². The molecule has 0 radical (unpaired) electrons. The number of carbonyl (C=O) groups excluding carboxylic acids is 2. The van der Waals surface area contributed by atoms with Gasteiger partial charge in [0.05, 0.1) is 24.2 Å². The molecular weight excluding hydrogens is 456 g/mol. The number of hydrogen-bond acceptors (Lipinski definition) is 6. The summed E-state index contributed by atoms with van der Waals surface area (Å²) in [6.45, 7) is 1.97. The Bertz CT molecular complexity index is 1280. The van der Waals surface area contributed by atoms with Crippen LogP contribution in [-0.2, 0) is 16.6 Å². The van der Waals surface area contributed by atoms with Crippen LogP contribution < -0.4 is 15.6 Å². The molecule has 2 N–H and O–H groups in total. The van der Waals surface area contributed by atoms with Crippen molar-refractivity contribution < 1.29 is 19.4 Å². The topological polar surface area (TPSA) is 106 Å². The van der Waals surface area contributed by atoms with Crippen molar-refractivity contribution in [3.8, 4) is 17.2 Å². The van der Waals surface area contributed by atoms with Gasteiger partial charge in [0.1, 0.15) is 11.1 Å². The van der Waals surface area contributed by atoms with Crippen LogP contribution in [0.4, 0.5) is 5.69 Å². The zero-order chi connectivity index (χ0) is 24.4. The fourth-order valence-electron chi connectivity index (χ4n) is 3.96. The maximum Gasteiger partial charge on any atom is 0.295 e. The smallest absolute Gasteiger partial charge is 0.295 e. The Morgan fingerprint density at radius 3 is 2.65 bits per heavy atom. The van der Waals surface area contributed by atoms with E-state index in [1.165, 1.54) is 29.6 Å². The first-order valence-electron chi connectivity index (χ1n) is 10.7. The van der Waals surface area contributed by atoms with E-state index in [0.717, 1.165) is 5.56 Å². The number of hydrogen-bond donors (Lipinski definition) is 2. The number of carbonyl (C=O) groups is 2. The molecule has 1 atom stereocenters. The van der Waals surface area contributed by atoms with Crippen LogP contribution in [0.3, 0.4) is 0 Å². The van der Waals surface area contributed by atoms with Crippen LogP contribution in [0, 0.1) is 6.92 Å². The van der Waals surface area contributed by atoms with E-state index in [4.69, 9.17) is 4.74 Å². The average molecular weight is 483 g/mol. The van der Waals surface area contributed by atoms with Crippen molar-refractivity contribution in [2.45, 2.75) is 18.7 Å². The Morgan fingerprint density at radius 1 is 1.21 bits per heavy atom. The fourth-order valence-corrected chi connectivity index (χ4v) is 5.16. The van der Waals surface area contributed by atoms with Crippen molar-refractivity contribution in [1.29, 1.82) is 0 Å². The minimum atomic E-state index is -0.349. The number of methoxy groups -OCH3 is 1. The highest BCUT2D eigenvalue weighted by Crippen LogP contribution is 2.41. The van der Waals surface area contributed by atoms with Crippen LogP contribution in [0.5, 0.6) is 11.5 Å². The van der Waals surface area contributed by atoms with Crippen LogP contribution >= 0.6 is 11.8 Å². The summed E-state index contributed by atoms with van der Waals surface area (Å²) in [6, 6.07) is 14.1. The molecule has 34 heavy (non-hydrogen) atoms. The average Bonchev–Trinajstić information content (AvgIpc) is 3.30. The molecule has 9 nitrogen and oxygen atoms in total. The molecule has 2 aromatic carbocycles. The lowest BCUT2D eigenvalue weighted by Gasteiger charge is -2.24. The van der Waals surface area contributed by atoms with Crippen molar-refractivity contribution in [2.24, 2.45) is 7.05 Å². The highest BCUT2D eigenvalue weighted by atomic mass is 32.2. The predicted octanol–water partition coefficient (Wildman–Crippen LogP) is 2.80. The highest BCUT2D eigenvalue weighted by Gasteiger charge is 2.33. The second-order valence-corrected chi connectivity index (χ2v) is 8.99. The zero-order valence-electron chi connectivity index (χ0n) is 19.1. The minimum absolute atomic E-state index is 0.0193. The molecule has 178 valence electrons. The number of benzene rings is 2. The summed E-state index contributed by atoms with van der Waals surface area (Å²) >= 11 is 1.45. The summed E-state index contributed by atoms with van der Waals surface area (Å²) in [5.41, 5.74) is 2.03. The van der Waals surface area contributed by atoms with Crippen LogP contribution in [-0.4, -0.2) is 50.6 Å². The van der Waals surface area contributed by atoms with Crippen molar-refractivity contribution >= 4 is 29.3 Å². The van der Waals surface area contributed by atoms with E-state index in [2.05, 4.69) is 5.32 Å². The number of amides is 2. The highest BCUT2D eigenvalue weighted by molar-refractivity contribution is 8.00. The van der Waals surface area contributed by atoms with Crippen molar-refractivity contribution in [3.63, 3.8) is 0 Å². The van der Waals surface area contributed by atoms with Crippen LogP contribution in [0.15, 0.2) is 53.3 Å². The Morgan fingerprint density at radius 2 is 1.94 bits per heavy atom. The molecule has 10 heteroatoms. The Hall–Kier alpha value is -3.66. The molecule has 1 aromatic heterocycles. The lowest BCUT2D eigenvalue weighted by Crippen LogP contribution is -2.32. The van der Waals surface area contributed by atoms with Crippen LogP contribution in [0.25, 0.3) is 5.69 Å². The molecule has 0 aliphatic carbocycles. The van der Waals surface area contributed by atoms with E-state index in [9.17, 15) is 19.5 Å². The van der Waals surface area contributed by atoms with Crippen molar-refractivity contribution in [2.75, 3.05) is 24.7 Å². The SMILES string of the molecule is COc1cc(C2SCC(=O)N2CCC(=O)Nc2c(C)n(C)n(-c3ccccc3)c2=O)ccc1O. The maximum absolute atomic E-state index is 13.0. The molecule has 3 aromatic rings. The molecule has 4 rings (SSSR count). The van der Waals surface area contributed by atoms with Gasteiger partial charge in [-0.1, -0.05) is 24.3 Å². The zero-order valence-corrected chi connectivity index (χ0v) is 20.0. The molecule has 1 aliphatic rings. The number of nitrogens with one attached hydrogen (secondary N) is 1. The Balaban J connectivity index is 1.48. The summed E-state index contributed by atoms with van der Waals surface area (Å²) < 4.78 is 8.37. The number of ether oxygens (including phenoxy) is 1. The number of aromatic nitrogens is 2. The van der Waals surface area contributed by atoms with Crippen LogP contribution in [0.2, 0.25) is 0 Å². The van der Waals surface area contributed by atoms with E-state index < -0.39 is 0 Å². The van der Waals surface area contributed by atoms with Gasteiger partial charge < -0.3 is 20.1 Å². The number of anilines is 1. The van der Waals surface area contributed by atoms with E-state index in [0.29, 0.717) is 22.9 Å². The monoisotopic (exact) mass is 482 g/mol. The number of thioether (sulfide) groups is 1. The van der Waals surface area contributed by atoms with Gasteiger partial charge in [-0.3, -0.25) is 19.1 Å². The molecule has 2 heterocycles. The number of nitrogens with zero attached hydrogens (tertiary/aromatic N) is 3. The minimum Gasteiger partial charge on any atom is -0.504 e. The van der Waals surface area contributed by atoms with Gasteiger partial charge in [-0.15, -0.1) is 11.8 Å². The lowest BCUT2D eigenvalue weighted by molar-refractivity contribution is -0.128. The van der Waals surface area contributed by atoms with Gasteiger partial charge in [-0.2, -0.15) is 0 Å². The van der Waals surface area contributed by atoms with Gasteiger partial charge in [-0.25, -0.2) is 4.68 Å². The number of para-hydroxylation sites is 1. The van der Waals surface area contributed by atoms with Gasteiger partial charge in [0.15, 0.2) is 11.5 Å². The Labute approximate surface area is 200 Å². The fraction of sp³-hybridized carbons (Fsp3) is 0.292. The van der Waals surface area contributed by atoms with Crippen molar-refractivity contribution in [3.05, 3.63) is 70.1 Å². The third-order valence-electron chi connectivity index (χ3n) is 5.86. The third kappa shape index (κ3) is 4.41. The molecule has 1 aliphatic heterocycles. The van der Waals surface area contributed by atoms with E-state index >= 15 is 0 Å². The number of phenolic OH excluding ortho intramolecular Hbond substituents is 1. The molecule has 0 saturated carbocycles. The van der Waals surface area contributed by atoms with Crippen LogP contribution in [0.1, 0.15) is 23.1 Å². The molecular formula is C24H26N4O5S. The molecule has 1 fully saturated rings. The van der Waals surface area contributed by atoms with Gasteiger partial charge in [0, 0.05) is 20.0 Å². The second-order valence-electron chi connectivity index (χ2n) is 7.92. The molecule has 2 amide bonds. The first kappa shape index (κ1) is 23.5. The summed E-state index contributed by atoms with van der Waals surface area (Å²) in [7, 11) is 3.22. The first-order valence-corrected chi connectivity index (χ1v) is 11.8. The standard InChI is InChI=1S/C24H26N4O5S/c1-15-22(23(32)28(26(15)2)17-7-5-4-6-8-17)25-20(30)11-12-27-21(31)14-34-24(27)16-9-10-18(29)19(13-16)33-3/h4-10,13,24,29H,11-12,14H2,1-3H3,(H,25,30). The normalized spacial score (nSPS) is 15.6. The Kier molecular flexibility index (Phi) is 6.69. The second kappa shape index (κ2) is 9.68. The summed E-state index contributed by atoms with van der Waals surface area (Å²) in [6.07, 6.45) is 0.0388. The van der Waals surface area contributed by atoms with Gasteiger partial charge in [0.2, 0.25) is 11.8 Å². The summed E-state index contributed by atoms with van der Waals surface area (Å²) in [4.78, 5) is 39.9. The van der Waals surface area contributed by atoms with Gasteiger partial charge in [-0.05, 0) is 36.8 Å². The summed E-state index contributed by atoms with van der Waals surface area (Å²) in [5, 5.41) is 12.3. The lowest BCUT2D eigenvalue weighted by atomic mass is 10.1. The summed E-state index contributed by atoms with van der Waals surface area (Å²) in [5.74, 6) is 0.222. The third-order valence-corrected chi connectivity index (χ3v) is 7.11. The quantitative estimate of drug-likeness (QED) is 0.537. The number of phenols is 1. The van der Waals surface area contributed by atoms with Gasteiger partial charge >= 0.3 is 0 Å². The largest absolute Gasteiger partial charge is 0.504 e. The van der Waals surface area contributed by atoms with E-state index in [-0.39, 0.29) is 47.1 Å². The molecule has 1 unspecified atom stereocenters. The van der Waals surface area contributed by atoms with Gasteiger partial charge in [0.25, 0.3) is 5.56 Å². The maximum atomic E-state index is 13.0.